The van der Waals surface area contributed by atoms with Gasteiger partial charge in [0, 0.05) is 0 Å². The minimum atomic E-state index is -1.78. The molecular weight excluding hydrogens is 156 g/mol. The summed E-state index contributed by atoms with van der Waals surface area (Å²) >= 11 is -1.78. The van der Waals surface area contributed by atoms with Crippen LogP contribution in [0.25, 0.3) is 0 Å². The first-order valence-electron chi connectivity index (χ1n) is 2.53. The van der Waals surface area contributed by atoms with Gasteiger partial charge in [-0.25, -0.2) is 0 Å². The molecule has 0 atom stereocenters. The Morgan fingerprint density at radius 2 is 1.75 bits per heavy atom. The average molecular weight is 161 g/mol. The van der Waals surface area contributed by atoms with E-state index in [1.807, 2.05) is 30.3 Å². The van der Waals surface area contributed by atoms with Gasteiger partial charge in [0.2, 0.25) is 0 Å². The predicted octanol–water partition coefficient (Wildman–Crippen LogP) is 1.28. The van der Waals surface area contributed by atoms with E-state index in [1.165, 1.54) is 0 Å². The quantitative estimate of drug-likeness (QED) is 0.545. The standard InChI is InChI=1S/C6H5.FH.Zn/c1-2-4-6-5-3-1;;/h1-5H;1H;/q;;+1/p-1. The Balaban J connectivity index is 2.83. The monoisotopic (exact) mass is 160 g/mol. The van der Waals surface area contributed by atoms with Gasteiger partial charge in [0.25, 0.3) is 0 Å². The number of hydrogen-bond donors (Lipinski definition) is 0. The summed E-state index contributed by atoms with van der Waals surface area (Å²) in [5, 5.41) is 0. The maximum atomic E-state index is 11.9. The Labute approximate surface area is 55.9 Å². The van der Waals surface area contributed by atoms with Crippen molar-refractivity contribution in [2.45, 2.75) is 0 Å². The summed E-state index contributed by atoms with van der Waals surface area (Å²) in [6, 6.07) is 9.35. The molecule has 1 aromatic carbocycles. The van der Waals surface area contributed by atoms with Crippen molar-refractivity contribution in [3.8, 4) is 0 Å². The summed E-state index contributed by atoms with van der Waals surface area (Å²) in [5.41, 5.74) is 0. The third kappa shape index (κ3) is 1.38. The fraction of sp³-hybridized carbons (Fsp3) is 0. The SMILES string of the molecule is [F][Zn][c]1ccccc1. The van der Waals surface area contributed by atoms with E-state index < -0.39 is 17.6 Å². The van der Waals surface area contributed by atoms with Crippen molar-refractivity contribution in [2.24, 2.45) is 0 Å². The topological polar surface area (TPSA) is 0 Å². The fourth-order valence-corrected chi connectivity index (χ4v) is 1.51. The van der Waals surface area contributed by atoms with E-state index in [-0.39, 0.29) is 0 Å². The van der Waals surface area contributed by atoms with E-state index in [9.17, 15) is 3.32 Å². The van der Waals surface area contributed by atoms with Crippen molar-refractivity contribution in [1.82, 2.24) is 0 Å². The van der Waals surface area contributed by atoms with Crippen molar-refractivity contribution >= 4 is 4.16 Å². The molecule has 0 nitrogen and oxygen atoms in total. The van der Waals surface area contributed by atoms with Crippen LogP contribution in [-0.4, -0.2) is 0 Å². The van der Waals surface area contributed by atoms with Gasteiger partial charge in [0.05, 0.1) is 0 Å². The van der Waals surface area contributed by atoms with E-state index in [0.29, 0.717) is 0 Å². The molecule has 0 heterocycles. The summed E-state index contributed by atoms with van der Waals surface area (Å²) < 4.78 is 12.8. The van der Waals surface area contributed by atoms with E-state index in [1.54, 1.807) is 0 Å². The molecule has 8 heavy (non-hydrogen) atoms. The number of rotatable bonds is 1. The van der Waals surface area contributed by atoms with Crippen LogP contribution in [0.1, 0.15) is 0 Å². The van der Waals surface area contributed by atoms with Crippen LogP contribution in [0.2, 0.25) is 0 Å². The molecule has 2 heteroatoms. The zero-order valence-corrected chi connectivity index (χ0v) is 7.44. The van der Waals surface area contributed by atoms with Gasteiger partial charge in [-0.2, -0.15) is 0 Å². The number of hydrogen-bond acceptors (Lipinski definition) is 0. The molecule has 0 amide bonds. The van der Waals surface area contributed by atoms with E-state index in [0.717, 1.165) is 4.16 Å². The molecule has 0 saturated heterocycles. The molecule has 0 aromatic heterocycles. The third-order valence-electron chi connectivity index (χ3n) is 0.997. The van der Waals surface area contributed by atoms with Gasteiger partial charge in [-0.1, -0.05) is 0 Å². The molecule has 0 unspecified atom stereocenters. The molecule has 0 N–H and O–H groups in total. The van der Waals surface area contributed by atoms with Crippen molar-refractivity contribution < 1.29 is 20.9 Å². The number of halogens is 1. The fourth-order valence-electron chi connectivity index (χ4n) is 0.567. The van der Waals surface area contributed by atoms with Crippen molar-refractivity contribution in [1.29, 1.82) is 0 Å². The Hall–Kier alpha value is -0.227. The van der Waals surface area contributed by atoms with Crippen molar-refractivity contribution in [2.75, 3.05) is 0 Å². The zero-order chi connectivity index (χ0) is 5.82. The van der Waals surface area contributed by atoms with E-state index in [4.69, 9.17) is 0 Å². The van der Waals surface area contributed by atoms with Crippen molar-refractivity contribution in [3.05, 3.63) is 30.3 Å². The second kappa shape index (κ2) is 2.93. The molecular formula is C6H5FZn. The molecule has 1 aromatic rings. The Morgan fingerprint density at radius 3 is 2.12 bits per heavy atom. The Morgan fingerprint density at radius 1 is 1.12 bits per heavy atom. The van der Waals surface area contributed by atoms with Crippen LogP contribution < -0.4 is 4.16 Å². The molecule has 0 radical (unpaired) electrons. The van der Waals surface area contributed by atoms with Crippen LogP contribution in [0, 0.1) is 0 Å². The zero-order valence-electron chi connectivity index (χ0n) is 4.47. The molecule has 0 aliphatic heterocycles. The Bertz CT molecular complexity index is 150. The van der Waals surface area contributed by atoms with Gasteiger partial charge in [-0.15, -0.1) is 0 Å². The van der Waals surface area contributed by atoms with Crippen LogP contribution in [0.15, 0.2) is 30.3 Å². The minimum absolute atomic E-state index is 0.931. The molecule has 0 aliphatic carbocycles. The van der Waals surface area contributed by atoms with Gasteiger partial charge in [-0.3, -0.25) is 0 Å². The second-order valence-electron chi connectivity index (χ2n) is 1.62. The summed E-state index contributed by atoms with van der Waals surface area (Å²) in [7, 11) is 0. The van der Waals surface area contributed by atoms with Crippen LogP contribution >= 0.6 is 0 Å². The molecule has 38 valence electrons. The molecule has 0 saturated carbocycles. The van der Waals surface area contributed by atoms with Crippen LogP contribution in [0.4, 0.5) is 3.32 Å². The molecule has 0 fully saturated rings. The first-order chi connectivity index (χ1) is 3.93. The normalized spacial score (nSPS) is 8.12. The molecule has 1 rings (SSSR count). The van der Waals surface area contributed by atoms with Crippen molar-refractivity contribution in [3.63, 3.8) is 0 Å². The third-order valence-corrected chi connectivity index (χ3v) is 2.63. The van der Waals surface area contributed by atoms with Gasteiger partial charge in [0.1, 0.15) is 0 Å². The summed E-state index contributed by atoms with van der Waals surface area (Å²) in [6.45, 7) is 0. The second-order valence-corrected chi connectivity index (χ2v) is 3.89. The van der Waals surface area contributed by atoms with Crippen LogP contribution in [0.5, 0.6) is 0 Å². The first-order valence-corrected chi connectivity index (χ1v) is 5.14. The summed E-state index contributed by atoms with van der Waals surface area (Å²) in [5.74, 6) is 0. The molecule has 0 bridgehead atoms. The summed E-state index contributed by atoms with van der Waals surface area (Å²) in [4.78, 5) is 0. The van der Waals surface area contributed by atoms with Gasteiger partial charge in [0.15, 0.2) is 0 Å². The summed E-state index contributed by atoms with van der Waals surface area (Å²) in [6.07, 6.45) is 0. The maximum absolute atomic E-state index is 11.9. The van der Waals surface area contributed by atoms with Gasteiger partial charge < -0.3 is 0 Å². The first kappa shape index (κ1) is 5.90. The number of benzene rings is 1. The van der Waals surface area contributed by atoms with E-state index >= 15 is 0 Å². The average Bonchev–Trinajstić information content (AvgIpc) is 1.90. The van der Waals surface area contributed by atoms with E-state index in [2.05, 4.69) is 0 Å². The molecule has 0 aliphatic rings. The van der Waals surface area contributed by atoms with Gasteiger partial charge in [-0.05, 0) is 0 Å². The Kier molecular flexibility index (Phi) is 2.16. The van der Waals surface area contributed by atoms with Gasteiger partial charge >= 0.3 is 55.4 Å². The van der Waals surface area contributed by atoms with Crippen LogP contribution in [-0.2, 0) is 17.6 Å². The predicted molar refractivity (Wildman–Crippen MR) is 27.2 cm³/mol. The van der Waals surface area contributed by atoms with Crippen LogP contribution in [0.3, 0.4) is 0 Å². The molecule has 0 spiro atoms.